The second-order valence-electron chi connectivity index (χ2n) is 4.43. The Hall–Kier alpha value is -0.760. The first-order valence-corrected chi connectivity index (χ1v) is 7.02. The van der Waals surface area contributed by atoms with Crippen LogP contribution in [0.15, 0.2) is 22.7 Å². The highest BCUT2D eigenvalue weighted by atomic mass is 79.9. The number of ether oxygens (including phenoxy) is 1. The van der Waals surface area contributed by atoms with Gasteiger partial charge in [0.1, 0.15) is 5.54 Å². The number of anilines is 1. The van der Waals surface area contributed by atoms with Gasteiger partial charge in [-0.3, -0.25) is 0 Å². The molecule has 1 aromatic carbocycles. The fraction of sp³-hybridized carbons (Fsp3) is 0.462. The molecule has 96 valence electrons. The van der Waals surface area contributed by atoms with Crippen molar-refractivity contribution in [1.29, 1.82) is 5.26 Å². The van der Waals surface area contributed by atoms with Gasteiger partial charge in [0.25, 0.3) is 0 Å². The van der Waals surface area contributed by atoms with Gasteiger partial charge in [0, 0.05) is 29.6 Å². The molecule has 0 aromatic heterocycles. The van der Waals surface area contributed by atoms with E-state index >= 15 is 0 Å². The lowest BCUT2D eigenvalue weighted by atomic mass is 9.75. The number of hydrogen-bond donors (Lipinski definition) is 1. The van der Waals surface area contributed by atoms with Crippen molar-refractivity contribution in [3.8, 4) is 6.07 Å². The Balaban J connectivity index is 2.04. The summed E-state index contributed by atoms with van der Waals surface area (Å²) in [5.41, 5.74) is 0.385. The predicted molar refractivity (Wildman–Crippen MR) is 75.8 cm³/mol. The van der Waals surface area contributed by atoms with E-state index in [2.05, 4.69) is 27.3 Å². The molecule has 0 heterocycles. The van der Waals surface area contributed by atoms with Crippen LogP contribution in [0.5, 0.6) is 0 Å². The highest BCUT2D eigenvalue weighted by Crippen LogP contribution is 2.38. The van der Waals surface area contributed by atoms with Gasteiger partial charge in [-0.15, -0.1) is 0 Å². The fourth-order valence-electron chi connectivity index (χ4n) is 2.14. The first-order chi connectivity index (χ1) is 8.58. The number of nitrogens with one attached hydrogen (secondary N) is 1. The lowest BCUT2D eigenvalue weighted by Gasteiger charge is -2.43. The predicted octanol–water partition coefficient (Wildman–Crippen LogP) is 3.98. The molecule has 0 amide bonds. The van der Waals surface area contributed by atoms with Crippen LogP contribution in [0.25, 0.3) is 0 Å². The molecule has 0 radical (unpaired) electrons. The van der Waals surface area contributed by atoms with Crippen LogP contribution in [0.2, 0.25) is 5.02 Å². The molecule has 0 spiro atoms. The molecule has 1 aliphatic rings. The maximum atomic E-state index is 9.30. The molecule has 0 unspecified atom stereocenters. The molecule has 1 aliphatic carbocycles. The van der Waals surface area contributed by atoms with Crippen molar-refractivity contribution in [1.82, 2.24) is 0 Å². The Labute approximate surface area is 120 Å². The summed E-state index contributed by atoms with van der Waals surface area (Å²) in [7, 11) is 0. The Morgan fingerprint density at radius 3 is 2.89 bits per heavy atom. The fourth-order valence-corrected chi connectivity index (χ4v) is 2.64. The molecule has 1 aromatic rings. The van der Waals surface area contributed by atoms with Crippen LogP contribution in [0.1, 0.15) is 19.8 Å². The normalized spacial score (nSPS) is 26.2. The minimum absolute atomic E-state index is 0.192. The van der Waals surface area contributed by atoms with E-state index < -0.39 is 5.54 Å². The zero-order chi connectivity index (χ0) is 13.2. The first kappa shape index (κ1) is 13.7. The molecule has 0 bridgehead atoms. The van der Waals surface area contributed by atoms with Gasteiger partial charge in [-0.2, -0.15) is 5.26 Å². The number of nitrogens with zero attached hydrogens (tertiary/aromatic N) is 1. The molecule has 3 nitrogen and oxygen atoms in total. The van der Waals surface area contributed by atoms with Gasteiger partial charge in [-0.25, -0.2) is 0 Å². The van der Waals surface area contributed by atoms with E-state index in [0.717, 1.165) is 23.0 Å². The van der Waals surface area contributed by atoms with Crippen LogP contribution in [0, 0.1) is 11.3 Å². The molecule has 18 heavy (non-hydrogen) atoms. The van der Waals surface area contributed by atoms with Gasteiger partial charge < -0.3 is 10.1 Å². The van der Waals surface area contributed by atoms with E-state index in [0.29, 0.717) is 11.6 Å². The zero-order valence-electron chi connectivity index (χ0n) is 10.0. The molecular formula is C13H14BrClN2O. The number of nitriles is 1. The SMILES string of the molecule is CCOC1CC(C#N)(Nc2ccc(Cl)c(Br)c2)C1. The van der Waals surface area contributed by atoms with Gasteiger partial charge >= 0.3 is 0 Å². The van der Waals surface area contributed by atoms with Crippen molar-refractivity contribution in [3.05, 3.63) is 27.7 Å². The van der Waals surface area contributed by atoms with E-state index in [4.69, 9.17) is 16.3 Å². The molecule has 1 N–H and O–H groups in total. The standard InChI is InChI=1S/C13H14BrClN2O/c1-2-18-10-6-13(7-10,8-16)17-9-3-4-12(15)11(14)5-9/h3-5,10,17H,2,6-7H2,1H3. The molecule has 0 aliphatic heterocycles. The number of rotatable bonds is 4. The Kier molecular flexibility index (Phi) is 4.16. The molecule has 2 rings (SSSR count). The summed E-state index contributed by atoms with van der Waals surface area (Å²) in [4.78, 5) is 0. The van der Waals surface area contributed by atoms with Crippen LogP contribution in [0.4, 0.5) is 5.69 Å². The quantitative estimate of drug-likeness (QED) is 0.909. The highest BCUT2D eigenvalue weighted by molar-refractivity contribution is 9.10. The largest absolute Gasteiger partial charge is 0.378 e. The number of benzene rings is 1. The van der Waals surface area contributed by atoms with Crippen molar-refractivity contribution < 1.29 is 4.74 Å². The van der Waals surface area contributed by atoms with Crippen molar-refractivity contribution in [2.75, 3.05) is 11.9 Å². The lowest BCUT2D eigenvalue weighted by Crippen LogP contribution is -2.53. The molecule has 0 atom stereocenters. The maximum absolute atomic E-state index is 9.30. The Bertz CT molecular complexity index is 480. The summed E-state index contributed by atoms with van der Waals surface area (Å²) in [6.45, 7) is 2.66. The third kappa shape index (κ3) is 2.80. The summed E-state index contributed by atoms with van der Waals surface area (Å²) < 4.78 is 6.32. The molecule has 0 saturated heterocycles. The average molecular weight is 330 g/mol. The number of hydrogen-bond acceptors (Lipinski definition) is 3. The maximum Gasteiger partial charge on any atom is 0.130 e. The van der Waals surface area contributed by atoms with Crippen molar-refractivity contribution in [2.45, 2.75) is 31.4 Å². The third-order valence-corrected chi connectivity index (χ3v) is 4.29. The topological polar surface area (TPSA) is 45.0 Å². The zero-order valence-corrected chi connectivity index (χ0v) is 12.4. The van der Waals surface area contributed by atoms with Crippen LogP contribution < -0.4 is 5.32 Å². The van der Waals surface area contributed by atoms with E-state index in [1.165, 1.54) is 0 Å². The van der Waals surface area contributed by atoms with Gasteiger partial charge in [0.2, 0.25) is 0 Å². The van der Waals surface area contributed by atoms with Crippen LogP contribution in [0.3, 0.4) is 0 Å². The second kappa shape index (κ2) is 5.48. The molecular weight excluding hydrogens is 316 g/mol. The van der Waals surface area contributed by atoms with Gasteiger partial charge in [0.05, 0.1) is 17.2 Å². The average Bonchev–Trinajstić information content (AvgIpc) is 2.31. The van der Waals surface area contributed by atoms with Crippen molar-refractivity contribution in [2.24, 2.45) is 0 Å². The first-order valence-electron chi connectivity index (χ1n) is 5.84. The minimum Gasteiger partial charge on any atom is -0.378 e. The lowest BCUT2D eigenvalue weighted by molar-refractivity contribution is -0.0141. The van der Waals surface area contributed by atoms with Gasteiger partial charge in [0.15, 0.2) is 0 Å². The summed E-state index contributed by atoms with van der Waals surface area (Å²) in [5, 5.41) is 13.2. The van der Waals surface area contributed by atoms with E-state index in [1.807, 2.05) is 19.1 Å². The van der Waals surface area contributed by atoms with Crippen molar-refractivity contribution >= 4 is 33.2 Å². The van der Waals surface area contributed by atoms with Gasteiger partial charge in [-0.1, -0.05) is 11.6 Å². The molecule has 5 heteroatoms. The summed E-state index contributed by atoms with van der Waals surface area (Å²) in [6.07, 6.45) is 1.63. The van der Waals surface area contributed by atoms with Gasteiger partial charge in [-0.05, 0) is 41.1 Å². The van der Waals surface area contributed by atoms with Crippen LogP contribution in [-0.4, -0.2) is 18.2 Å². The van der Waals surface area contributed by atoms with E-state index in [1.54, 1.807) is 6.07 Å². The monoisotopic (exact) mass is 328 g/mol. The van der Waals surface area contributed by atoms with Crippen LogP contribution >= 0.6 is 27.5 Å². The Morgan fingerprint density at radius 2 is 2.33 bits per heavy atom. The number of halogens is 2. The third-order valence-electron chi connectivity index (χ3n) is 3.07. The molecule has 1 saturated carbocycles. The smallest absolute Gasteiger partial charge is 0.130 e. The summed E-state index contributed by atoms with van der Waals surface area (Å²) in [5.74, 6) is 0. The van der Waals surface area contributed by atoms with E-state index in [9.17, 15) is 5.26 Å². The van der Waals surface area contributed by atoms with E-state index in [-0.39, 0.29) is 6.10 Å². The van der Waals surface area contributed by atoms with Crippen molar-refractivity contribution in [3.63, 3.8) is 0 Å². The summed E-state index contributed by atoms with van der Waals surface area (Å²) >= 11 is 9.31. The summed E-state index contributed by atoms with van der Waals surface area (Å²) in [6, 6.07) is 7.91. The Morgan fingerprint density at radius 1 is 1.61 bits per heavy atom. The highest BCUT2D eigenvalue weighted by Gasteiger charge is 2.45. The second-order valence-corrected chi connectivity index (χ2v) is 5.69. The van der Waals surface area contributed by atoms with Crippen LogP contribution in [-0.2, 0) is 4.74 Å². The molecule has 1 fully saturated rings. The minimum atomic E-state index is -0.507.